The van der Waals surface area contributed by atoms with Crippen molar-refractivity contribution in [3.05, 3.63) is 11.5 Å². The average molecular weight is 395 g/mol. The van der Waals surface area contributed by atoms with Crippen LogP contribution in [-0.2, 0) is 34.1 Å². The van der Waals surface area contributed by atoms with Crippen LogP contribution in [-0.4, -0.2) is 54.1 Å². The molecule has 1 amide bonds. The highest BCUT2D eigenvalue weighted by molar-refractivity contribution is 7.88. The number of halogens is 3. The molecule has 1 fully saturated rings. The van der Waals surface area contributed by atoms with Crippen molar-refractivity contribution in [1.82, 2.24) is 19.2 Å². The van der Waals surface area contributed by atoms with Crippen molar-refractivity contribution in [1.29, 1.82) is 0 Å². The minimum absolute atomic E-state index is 0.0833. The zero-order valence-electron chi connectivity index (χ0n) is 14.1. The number of nitrogens with zero attached hydrogens (tertiary/aromatic N) is 3. The summed E-state index contributed by atoms with van der Waals surface area (Å²) in [7, 11) is -3.31. The zero-order chi connectivity index (χ0) is 19.1. The molecule has 1 aromatic rings. The number of nitrogens with one attached hydrogen (secondary N) is 2. The lowest BCUT2D eigenvalue weighted by molar-refractivity contribution is -0.147. The molecule has 146 valence electrons. The van der Waals surface area contributed by atoms with Gasteiger partial charge in [0.05, 0.1) is 11.9 Å². The van der Waals surface area contributed by atoms with Crippen molar-refractivity contribution >= 4 is 21.7 Å². The van der Waals surface area contributed by atoms with Gasteiger partial charge in [0.2, 0.25) is 21.8 Å². The Morgan fingerprint density at radius 1 is 1.27 bits per heavy atom. The van der Waals surface area contributed by atoms with Gasteiger partial charge in [-0.3, -0.25) is 4.79 Å². The second-order valence-electron chi connectivity index (χ2n) is 6.48. The number of alkyl halides is 3. The van der Waals surface area contributed by atoms with Crippen LogP contribution in [0.3, 0.4) is 0 Å². The summed E-state index contributed by atoms with van der Waals surface area (Å²) in [6, 6.07) is 0. The first-order valence-corrected chi connectivity index (χ1v) is 10.1. The highest BCUT2D eigenvalue weighted by atomic mass is 32.2. The first kappa shape index (κ1) is 19.1. The molecule has 3 rings (SSSR count). The Balaban J connectivity index is 1.73. The molecule has 0 bridgehead atoms. The van der Waals surface area contributed by atoms with E-state index in [1.54, 1.807) is 0 Å². The number of aromatic nitrogens is 2. The lowest BCUT2D eigenvalue weighted by atomic mass is 9.97. The Kier molecular flexibility index (Phi) is 5.01. The molecule has 0 aromatic carbocycles. The average Bonchev–Trinajstić information content (AvgIpc) is 2.93. The van der Waals surface area contributed by atoms with Gasteiger partial charge in [0.15, 0.2) is 5.82 Å². The Hall–Kier alpha value is -1.66. The van der Waals surface area contributed by atoms with Gasteiger partial charge in [-0.05, 0) is 12.8 Å². The maximum Gasteiger partial charge on any atom is 0.449 e. The molecular weight excluding hydrogens is 375 g/mol. The zero-order valence-corrected chi connectivity index (χ0v) is 15.0. The molecule has 0 unspecified atom stereocenters. The number of amides is 1. The standard InChI is InChI=1S/C14H20F3N5O3S/c1-26(24,25)21-5-2-9(3-6-21)12(23)19-11-10-8-18-4-7-22(10)13(20-11)14(15,16)17/h9,18H,2-8H2,1H3,(H,19,23). The van der Waals surface area contributed by atoms with E-state index in [-0.39, 0.29) is 32.0 Å². The molecule has 8 nitrogen and oxygen atoms in total. The highest BCUT2D eigenvalue weighted by Crippen LogP contribution is 2.33. The van der Waals surface area contributed by atoms with Crippen molar-refractivity contribution in [2.45, 2.75) is 32.1 Å². The maximum absolute atomic E-state index is 13.2. The van der Waals surface area contributed by atoms with Gasteiger partial charge in [-0.2, -0.15) is 13.2 Å². The van der Waals surface area contributed by atoms with Crippen LogP contribution in [0.15, 0.2) is 0 Å². The van der Waals surface area contributed by atoms with E-state index < -0.39 is 33.8 Å². The fourth-order valence-corrected chi connectivity index (χ4v) is 4.16. The number of sulfonamides is 1. The van der Waals surface area contributed by atoms with Crippen LogP contribution in [0.2, 0.25) is 0 Å². The number of hydrogen-bond donors (Lipinski definition) is 2. The van der Waals surface area contributed by atoms with Crippen LogP contribution in [0.25, 0.3) is 0 Å². The minimum atomic E-state index is -4.60. The van der Waals surface area contributed by atoms with Gasteiger partial charge < -0.3 is 15.2 Å². The predicted molar refractivity (Wildman–Crippen MR) is 86.7 cm³/mol. The number of piperidine rings is 1. The summed E-state index contributed by atoms with van der Waals surface area (Å²) in [6.45, 7) is 1.13. The van der Waals surface area contributed by atoms with Crippen molar-refractivity contribution in [2.75, 3.05) is 31.2 Å². The molecule has 0 radical (unpaired) electrons. The largest absolute Gasteiger partial charge is 0.449 e. The molecule has 0 aliphatic carbocycles. The molecule has 1 saturated heterocycles. The molecule has 12 heteroatoms. The third-order valence-electron chi connectivity index (χ3n) is 4.67. The number of carbonyl (C=O) groups excluding carboxylic acids is 1. The van der Waals surface area contributed by atoms with E-state index in [9.17, 15) is 26.4 Å². The van der Waals surface area contributed by atoms with Crippen LogP contribution >= 0.6 is 0 Å². The molecule has 0 atom stereocenters. The van der Waals surface area contributed by atoms with E-state index in [1.807, 2.05) is 0 Å². The summed E-state index contributed by atoms with van der Waals surface area (Å²) < 4.78 is 64.9. The van der Waals surface area contributed by atoms with E-state index in [4.69, 9.17) is 0 Å². The molecule has 26 heavy (non-hydrogen) atoms. The second-order valence-corrected chi connectivity index (χ2v) is 8.46. The number of carbonyl (C=O) groups is 1. The first-order chi connectivity index (χ1) is 12.1. The van der Waals surface area contributed by atoms with E-state index in [0.29, 0.717) is 25.1 Å². The molecule has 2 aliphatic heterocycles. The van der Waals surface area contributed by atoms with Crippen LogP contribution in [0.1, 0.15) is 24.4 Å². The van der Waals surface area contributed by atoms with E-state index in [2.05, 4.69) is 15.6 Å². The van der Waals surface area contributed by atoms with Crippen LogP contribution in [0.5, 0.6) is 0 Å². The van der Waals surface area contributed by atoms with E-state index in [1.165, 1.54) is 4.31 Å². The number of imidazole rings is 1. The highest BCUT2D eigenvalue weighted by Gasteiger charge is 2.40. The fourth-order valence-electron chi connectivity index (χ4n) is 3.29. The van der Waals surface area contributed by atoms with Gasteiger partial charge in [-0.1, -0.05) is 0 Å². The molecular formula is C14H20F3N5O3S. The van der Waals surface area contributed by atoms with Gasteiger partial charge in [0.1, 0.15) is 0 Å². The Labute approximate surface area is 148 Å². The number of fused-ring (bicyclic) bond motifs is 1. The number of rotatable bonds is 3. The quantitative estimate of drug-likeness (QED) is 0.782. The molecule has 2 aliphatic rings. The van der Waals surface area contributed by atoms with Crippen molar-refractivity contribution < 1.29 is 26.4 Å². The topological polar surface area (TPSA) is 96.3 Å². The van der Waals surface area contributed by atoms with Crippen molar-refractivity contribution in [2.24, 2.45) is 5.92 Å². The number of hydrogen-bond acceptors (Lipinski definition) is 5. The van der Waals surface area contributed by atoms with Crippen LogP contribution in [0.4, 0.5) is 19.0 Å². The monoisotopic (exact) mass is 395 g/mol. The van der Waals surface area contributed by atoms with Gasteiger partial charge in [-0.15, -0.1) is 0 Å². The minimum Gasteiger partial charge on any atom is -0.320 e. The summed E-state index contributed by atoms with van der Waals surface area (Å²) in [5, 5.41) is 5.48. The lowest BCUT2D eigenvalue weighted by Gasteiger charge is -2.29. The van der Waals surface area contributed by atoms with Gasteiger partial charge in [-0.25, -0.2) is 17.7 Å². The Morgan fingerprint density at radius 3 is 2.50 bits per heavy atom. The summed E-state index contributed by atoms with van der Waals surface area (Å²) in [4.78, 5) is 16.1. The summed E-state index contributed by atoms with van der Waals surface area (Å²) in [5.74, 6) is -1.99. The van der Waals surface area contributed by atoms with Gasteiger partial charge in [0, 0.05) is 38.6 Å². The normalized spacial score (nSPS) is 20.0. The molecule has 0 saturated carbocycles. The third-order valence-corrected chi connectivity index (χ3v) is 5.97. The van der Waals surface area contributed by atoms with Gasteiger partial charge >= 0.3 is 6.18 Å². The molecule has 1 aromatic heterocycles. The predicted octanol–water partition coefficient (Wildman–Crippen LogP) is 0.615. The van der Waals surface area contributed by atoms with E-state index in [0.717, 1.165) is 10.8 Å². The fraction of sp³-hybridized carbons (Fsp3) is 0.714. The maximum atomic E-state index is 13.2. The molecule has 3 heterocycles. The molecule has 2 N–H and O–H groups in total. The number of anilines is 1. The van der Waals surface area contributed by atoms with Crippen molar-refractivity contribution in [3.63, 3.8) is 0 Å². The SMILES string of the molecule is CS(=O)(=O)N1CCC(C(=O)Nc2nc(C(F)(F)F)n3c2CNCC3)CC1. The Morgan fingerprint density at radius 2 is 1.92 bits per heavy atom. The molecule has 0 spiro atoms. The smallest absolute Gasteiger partial charge is 0.320 e. The Bertz CT molecular complexity index is 797. The summed E-state index contributed by atoms with van der Waals surface area (Å²) >= 11 is 0. The van der Waals surface area contributed by atoms with Crippen molar-refractivity contribution in [3.8, 4) is 0 Å². The van der Waals surface area contributed by atoms with Gasteiger partial charge in [0.25, 0.3) is 0 Å². The van der Waals surface area contributed by atoms with Crippen LogP contribution < -0.4 is 10.6 Å². The second kappa shape index (κ2) is 6.82. The third kappa shape index (κ3) is 3.86. The van der Waals surface area contributed by atoms with Crippen LogP contribution in [0, 0.1) is 5.92 Å². The summed E-state index contributed by atoms with van der Waals surface area (Å²) in [6.07, 6.45) is -2.86. The first-order valence-electron chi connectivity index (χ1n) is 8.20. The van der Waals surface area contributed by atoms with E-state index >= 15 is 0 Å². The summed E-state index contributed by atoms with van der Waals surface area (Å²) in [5.41, 5.74) is 0.297. The lowest BCUT2D eigenvalue weighted by Crippen LogP contribution is -2.41.